The molecule has 2 N–H and O–H groups in total. The number of nitrogens with zero attached hydrogens (tertiary/aromatic N) is 1. The molecule has 0 radical (unpaired) electrons. The Morgan fingerprint density at radius 3 is 2.71 bits per heavy atom. The van der Waals surface area contributed by atoms with Gasteiger partial charge in [0.05, 0.1) is 12.0 Å². The van der Waals surface area contributed by atoms with Gasteiger partial charge in [0.15, 0.2) is 0 Å². The van der Waals surface area contributed by atoms with E-state index >= 15 is 0 Å². The second-order valence-corrected chi connectivity index (χ2v) is 6.95. The summed E-state index contributed by atoms with van der Waals surface area (Å²) in [5, 5.41) is 12.9. The van der Waals surface area contributed by atoms with Crippen LogP contribution in [0, 0.1) is 0 Å². The van der Waals surface area contributed by atoms with Gasteiger partial charge in [0.2, 0.25) is 5.91 Å². The van der Waals surface area contributed by atoms with Gasteiger partial charge in [0.25, 0.3) is 0 Å². The standard InChI is InChI=1S/C18H20N2O3S/c1-2-20-9-8-13-14(11-20)24-17(16(13)18(22)23)19-15(21)10-12-6-4-3-5-7-12/h3-7H,2,8-11H2,1H3,(H,19,21)(H,22,23). The summed E-state index contributed by atoms with van der Waals surface area (Å²) < 4.78 is 0. The number of thiophene rings is 1. The average molecular weight is 344 g/mol. The summed E-state index contributed by atoms with van der Waals surface area (Å²) in [7, 11) is 0. The summed E-state index contributed by atoms with van der Waals surface area (Å²) >= 11 is 1.39. The Hall–Kier alpha value is -2.18. The number of rotatable bonds is 5. The number of hydrogen-bond acceptors (Lipinski definition) is 4. The number of carbonyl (C=O) groups is 2. The molecule has 0 saturated carbocycles. The molecule has 0 saturated heterocycles. The third kappa shape index (κ3) is 3.49. The van der Waals surface area contributed by atoms with Crippen molar-refractivity contribution in [3.63, 3.8) is 0 Å². The van der Waals surface area contributed by atoms with Crippen molar-refractivity contribution in [2.75, 3.05) is 18.4 Å². The van der Waals surface area contributed by atoms with Crippen molar-refractivity contribution < 1.29 is 14.7 Å². The highest BCUT2D eigenvalue weighted by molar-refractivity contribution is 7.17. The van der Waals surface area contributed by atoms with Gasteiger partial charge >= 0.3 is 5.97 Å². The first-order chi connectivity index (χ1) is 11.6. The molecule has 0 bridgehead atoms. The monoisotopic (exact) mass is 344 g/mol. The first-order valence-electron chi connectivity index (χ1n) is 8.02. The molecule has 126 valence electrons. The molecule has 0 fully saturated rings. The fourth-order valence-electron chi connectivity index (χ4n) is 2.99. The highest BCUT2D eigenvalue weighted by Gasteiger charge is 2.28. The van der Waals surface area contributed by atoms with E-state index in [1.54, 1.807) is 0 Å². The van der Waals surface area contributed by atoms with Gasteiger partial charge in [-0.1, -0.05) is 37.3 Å². The van der Waals surface area contributed by atoms with Gasteiger partial charge in [-0.05, 0) is 24.1 Å². The van der Waals surface area contributed by atoms with Gasteiger partial charge in [-0.3, -0.25) is 9.69 Å². The second-order valence-electron chi connectivity index (χ2n) is 5.84. The zero-order chi connectivity index (χ0) is 17.1. The van der Waals surface area contributed by atoms with Crippen LogP contribution >= 0.6 is 11.3 Å². The first kappa shape index (κ1) is 16.7. The van der Waals surface area contributed by atoms with Gasteiger partial charge in [-0.25, -0.2) is 4.79 Å². The van der Waals surface area contributed by atoms with Gasteiger partial charge < -0.3 is 10.4 Å². The zero-order valence-electron chi connectivity index (χ0n) is 13.5. The van der Waals surface area contributed by atoms with Crippen LogP contribution in [0.5, 0.6) is 0 Å². The van der Waals surface area contributed by atoms with Crippen molar-refractivity contribution in [3.8, 4) is 0 Å². The lowest BCUT2D eigenvalue weighted by molar-refractivity contribution is -0.115. The Labute approximate surface area is 144 Å². The maximum atomic E-state index is 12.3. The minimum atomic E-state index is -0.965. The summed E-state index contributed by atoms with van der Waals surface area (Å²) in [6, 6.07) is 9.44. The summed E-state index contributed by atoms with van der Waals surface area (Å²) in [5.74, 6) is -1.15. The highest BCUT2D eigenvalue weighted by atomic mass is 32.1. The van der Waals surface area contributed by atoms with E-state index in [0.29, 0.717) is 5.00 Å². The van der Waals surface area contributed by atoms with Crippen molar-refractivity contribution in [1.82, 2.24) is 4.90 Å². The number of anilines is 1. The van der Waals surface area contributed by atoms with Crippen LogP contribution in [0.2, 0.25) is 0 Å². The number of aromatic carboxylic acids is 1. The van der Waals surface area contributed by atoms with Crippen molar-refractivity contribution in [3.05, 3.63) is 51.9 Å². The fraction of sp³-hybridized carbons (Fsp3) is 0.333. The molecule has 1 aromatic heterocycles. The molecule has 0 unspecified atom stereocenters. The lowest BCUT2D eigenvalue weighted by Gasteiger charge is -2.25. The number of hydrogen-bond donors (Lipinski definition) is 2. The van der Waals surface area contributed by atoms with Crippen LogP contribution in [-0.4, -0.2) is 35.0 Å². The maximum Gasteiger partial charge on any atom is 0.339 e. The number of likely N-dealkylation sites (N-methyl/N-ethyl adjacent to an activating group) is 1. The van der Waals surface area contributed by atoms with Gasteiger partial charge in [-0.15, -0.1) is 11.3 Å². The minimum Gasteiger partial charge on any atom is -0.478 e. The number of carboxylic acid groups (broad SMARTS) is 1. The molecular formula is C18H20N2O3S. The lowest BCUT2D eigenvalue weighted by atomic mass is 10.0. The van der Waals surface area contributed by atoms with Crippen LogP contribution in [0.1, 0.15) is 33.3 Å². The Balaban J connectivity index is 1.81. The lowest BCUT2D eigenvalue weighted by Crippen LogP contribution is -2.29. The molecule has 24 heavy (non-hydrogen) atoms. The van der Waals surface area contributed by atoms with E-state index in [4.69, 9.17) is 0 Å². The van der Waals surface area contributed by atoms with Crippen molar-refractivity contribution >= 4 is 28.2 Å². The molecule has 1 aliphatic heterocycles. The van der Waals surface area contributed by atoms with E-state index in [-0.39, 0.29) is 17.9 Å². The average Bonchev–Trinajstić information content (AvgIpc) is 2.92. The Bertz CT molecular complexity index is 755. The molecule has 1 aliphatic rings. The van der Waals surface area contributed by atoms with Crippen molar-refractivity contribution in [1.29, 1.82) is 0 Å². The topological polar surface area (TPSA) is 69.6 Å². The van der Waals surface area contributed by atoms with E-state index in [1.807, 2.05) is 30.3 Å². The number of carbonyl (C=O) groups excluding carboxylic acids is 1. The first-order valence-corrected chi connectivity index (χ1v) is 8.84. The highest BCUT2D eigenvalue weighted by Crippen LogP contribution is 2.37. The number of carboxylic acids is 1. The third-order valence-electron chi connectivity index (χ3n) is 4.26. The molecule has 0 spiro atoms. The summed E-state index contributed by atoms with van der Waals surface area (Å²) in [6.45, 7) is 4.65. The molecule has 3 rings (SSSR count). The van der Waals surface area contributed by atoms with Gasteiger partial charge in [0.1, 0.15) is 5.00 Å². The number of nitrogens with one attached hydrogen (secondary N) is 1. The molecule has 0 aliphatic carbocycles. The van der Waals surface area contributed by atoms with Crippen LogP contribution in [0.4, 0.5) is 5.00 Å². The number of benzene rings is 1. The molecule has 1 amide bonds. The second kappa shape index (κ2) is 7.15. The van der Waals surface area contributed by atoms with E-state index in [1.165, 1.54) is 11.3 Å². The maximum absolute atomic E-state index is 12.3. The molecule has 5 nitrogen and oxygen atoms in total. The molecular weight excluding hydrogens is 324 g/mol. The zero-order valence-corrected chi connectivity index (χ0v) is 14.4. The molecule has 2 heterocycles. The smallest absolute Gasteiger partial charge is 0.339 e. The van der Waals surface area contributed by atoms with E-state index in [2.05, 4.69) is 17.1 Å². The van der Waals surface area contributed by atoms with Gasteiger partial charge in [0, 0.05) is 18.0 Å². The molecule has 2 aromatic rings. The summed E-state index contributed by atoms with van der Waals surface area (Å²) in [6.07, 6.45) is 0.958. The van der Waals surface area contributed by atoms with Crippen molar-refractivity contribution in [2.24, 2.45) is 0 Å². The summed E-state index contributed by atoms with van der Waals surface area (Å²) in [5.41, 5.74) is 2.06. The van der Waals surface area contributed by atoms with Crippen LogP contribution in [0.25, 0.3) is 0 Å². The fourth-order valence-corrected chi connectivity index (χ4v) is 4.29. The largest absolute Gasteiger partial charge is 0.478 e. The molecule has 6 heteroatoms. The van der Waals surface area contributed by atoms with Gasteiger partial charge in [-0.2, -0.15) is 0 Å². The predicted molar refractivity (Wildman–Crippen MR) is 94.7 cm³/mol. The van der Waals surface area contributed by atoms with E-state index < -0.39 is 5.97 Å². The number of fused-ring (bicyclic) bond motifs is 1. The van der Waals surface area contributed by atoms with E-state index in [0.717, 1.165) is 42.1 Å². The quantitative estimate of drug-likeness (QED) is 0.875. The Morgan fingerprint density at radius 2 is 2.04 bits per heavy atom. The predicted octanol–water partition coefficient (Wildman–Crippen LogP) is 3.01. The molecule has 1 aromatic carbocycles. The molecule has 0 atom stereocenters. The normalized spacial score (nSPS) is 14.2. The van der Waals surface area contributed by atoms with Crippen LogP contribution in [-0.2, 0) is 24.2 Å². The minimum absolute atomic E-state index is 0.186. The SMILES string of the molecule is CCN1CCc2c(sc(NC(=O)Cc3ccccc3)c2C(=O)O)C1. The third-order valence-corrected chi connectivity index (χ3v) is 5.39. The van der Waals surface area contributed by atoms with Crippen LogP contribution in [0.15, 0.2) is 30.3 Å². The van der Waals surface area contributed by atoms with Crippen LogP contribution in [0.3, 0.4) is 0 Å². The van der Waals surface area contributed by atoms with Crippen LogP contribution < -0.4 is 5.32 Å². The van der Waals surface area contributed by atoms with E-state index in [9.17, 15) is 14.7 Å². The van der Waals surface area contributed by atoms with Crippen molar-refractivity contribution in [2.45, 2.75) is 26.3 Å². The number of amides is 1. The Morgan fingerprint density at radius 1 is 1.29 bits per heavy atom. The summed E-state index contributed by atoms with van der Waals surface area (Å²) in [4.78, 5) is 27.3. The Kier molecular flexibility index (Phi) is 4.97.